The molecule has 0 saturated carbocycles. The van der Waals surface area contributed by atoms with Crippen molar-refractivity contribution < 1.29 is 4.74 Å². The van der Waals surface area contributed by atoms with Gasteiger partial charge in [-0.05, 0) is 25.0 Å². The summed E-state index contributed by atoms with van der Waals surface area (Å²) in [5, 5.41) is 0. The lowest BCUT2D eigenvalue weighted by molar-refractivity contribution is 0.0478. The van der Waals surface area contributed by atoms with E-state index in [1.54, 1.807) is 0 Å². The Kier molecular flexibility index (Phi) is 4.26. The van der Waals surface area contributed by atoms with Gasteiger partial charge in [0.25, 0.3) is 0 Å². The van der Waals surface area contributed by atoms with Gasteiger partial charge in [0, 0.05) is 18.4 Å². The molecule has 1 aliphatic heterocycles. The molecule has 1 rings (SSSR count). The van der Waals surface area contributed by atoms with Gasteiger partial charge in [0.15, 0.2) is 0 Å². The second kappa shape index (κ2) is 5.01. The molecule has 3 heteroatoms. The third kappa shape index (κ3) is 3.01. The van der Waals surface area contributed by atoms with Crippen LogP contribution in [0.3, 0.4) is 0 Å². The monoisotopic (exact) mass is 175 g/mol. The molecule has 0 aliphatic carbocycles. The number of thioether (sulfide) groups is 1. The van der Waals surface area contributed by atoms with Gasteiger partial charge in [-0.3, -0.25) is 0 Å². The van der Waals surface area contributed by atoms with Crippen LogP contribution in [-0.4, -0.2) is 31.3 Å². The Morgan fingerprint density at radius 1 is 1.73 bits per heavy atom. The number of ether oxygens (including phenoxy) is 1. The molecule has 0 spiro atoms. The van der Waals surface area contributed by atoms with Crippen molar-refractivity contribution in [2.75, 3.05) is 25.2 Å². The summed E-state index contributed by atoms with van der Waals surface area (Å²) in [5.41, 5.74) is 5.96. The first-order valence-corrected chi connectivity index (χ1v) is 5.56. The van der Waals surface area contributed by atoms with Crippen molar-refractivity contribution in [3.05, 3.63) is 0 Å². The van der Waals surface area contributed by atoms with Crippen LogP contribution in [0, 0.1) is 5.92 Å². The SMILES string of the molecule is CSCC(N)C1CCCOC1. The highest BCUT2D eigenvalue weighted by Gasteiger charge is 2.20. The molecule has 0 aromatic carbocycles. The molecular weight excluding hydrogens is 158 g/mol. The molecule has 2 nitrogen and oxygen atoms in total. The summed E-state index contributed by atoms with van der Waals surface area (Å²) in [5.74, 6) is 1.67. The average Bonchev–Trinajstić information content (AvgIpc) is 2.07. The van der Waals surface area contributed by atoms with Crippen molar-refractivity contribution in [2.45, 2.75) is 18.9 Å². The maximum atomic E-state index is 5.96. The summed E-state index contributed by atoms with van der Waals surface area (Å²) in [6, 6.07) is 0.338. The Bertz CT molecular complexity index is 104. The van der Waals surface area contributed by atoms with Gasteiger partial charge in [-0.15, -0.1) is 0 Å². The summed E-state index contributed by atoms with van der Waals surface area (Å²) in [6.07, 6.45) is 4.54. The number of nitrogens with two attached hydrogens (primary N) is 1. The molecule has 1 fully saturated rings. The quantitative estimate of drug-likeness (QED) is 0.697. The summed E-state index contributed by atoms with van der Waals surface area (Å²) >= 11 is 1.82. The highest BCUT2D eigenvalue weighted by Crippen LogP contribution is 2.17. The number of hydrogen-bond acceptors (Lipinski definition) is 3. The van der Waals surface area contributed by atoms with E-state index < -0.39 is 0 Å². The average molecular weight is 175 g/mol. The standard InChI is InChI=1S/C8H17NOS/c1-11-6-8(9)7-3-2-4-10-5-7/h7-8H,2-6,9H2,1H3. The molecule has 1 aliphatic rings. The number of hydrogen-bond donors (Lipinski definition) is 1. The Labute approximate surface area is 72.9 Å². The van der Waals surface area contributed by atoms with Gasteiger partial charge in [0.05, 0.1) is 6.61 Å². The van der Waals surface area contributed by atoms with Crippen molar-refractivity contribution in [3.63, 3.8) is 0 Å². The van der Waals surface area contributed by atoms with Crippen LogP contribution in [0.25, 0.3) is 0 Å². The molecule has 11 heavy (non-hydrogen) atoms. The maximum absolute atomic E-state index is 5.96. The zero-order valence-electron chi connectivity index (χ0n) is 7.08. The third-order valence-electron chi connectivity index (χ3n) is 2.16. The first-order valence-electron chi connectivity index (χ1n) is 4.17. The van der Waals surface area contributed by atoms with Crippen LogP contribution in [0.1, 0.15) is 12.8 Å². The lowest BCUT2D eigenvalue weighted by Gasteiger charge is -2.26. The molecular formula is C8H17NOS. The van der Waals surface area contributed by atoms with Crippen LogP contribution in [-0.2, 0) is 4.74 Å². The van der Waals surface area contributed by atoms with E-state index in [0.29, 0.717) is 12.0 Å². The van der Waals surface area contributed by atoms with Crippen LogP contribution in [0.4, 0.5) is 0 Å². The van der Waals surface area contributed by atoms with Crippen molar-refractivity contribution in [3.8, 4) is 0 Å². The first kappa shape index (κ1) is 9.36. The molecule has 2 unspecified atom stereocenters. The molecule has 0 aromatic rings. The summed E-state index contributed by atoms with van der Waals surface area (Å²) in [7, 11) is 0. The van der Waals surface area contributed by atoms with Crippen LogP contribution in [0.5, 0.6) is 0 Å². The molecule has 0 amide bonds. The van der Waals surface area contributed by atoms with Crippen molar-refractivity contribution in [1.29, 1.82) is 0 Å². The Balaban J connectivity index is 2.21. The summed E-state index contributed by atoms with van der Waals surface area (Å²) in [4.78, 5) is 0. The first-order chi connectivity index (χ1) is 5.34. The fourth-order valence-corrected chi connectivity index (χ4v) is 2.09. The fourth-order valence-electron chi connectivity index (χ4n) is 1.43. The van der Waals surface area contributed by atoms with Gasteiger partial charge >= 0.3 is 0 Å². The lowest BCUT2D eigenvalue weighted by Crippen LogP contribution is -2.37. The van der Waals surface area contributed by atoms with Gasteiger partial charge in [-0.2, -0.15) is 11.8 Å². The largest absolute Gasteiger partial charge is 0.381 e. The van der Waals surface area contributed by atoms with Crippen molar-refractivity contribution >= 4 is 11.8 Å². The lowest BCUT2D eigenvalue weighted by atomic mass is 9.96. The van der Waals surface area contributed by atoms with E-state index >= 15 is 0 Å². The minimum atomic E-state index is 0.338. The van der Waals surface area contributed by atoms with E-state index in [4.69, 9.17) is 10.5 Å². The minimum absolute atomic E-state index is 0.338. The van der Waals surface area contributed by atoms with Gasteiger partial charge in [-0.1, -0.05) is 0 Å². The van der Waals surface area contributed by atoms with Crippen LogP contribution < -0.4 is 5.73 Å². The van der Waals surface area contributed by atoms with Gasteiger partial charge < -0.3 is 10.5 Å². The van der Waals surface area contributed by atoms with E-state index in [2.05, 4.69) is 6.26 Å². The number of rotatable bonds is 3. The predicted molar refractivity (Wildman–Crippen MR) is 49.9 cm³/mol. The van der Waals surface area contributed by atoms with E-state index in [-0.39, 0.29) is 0 Å². The summed E-state index contributed by atoms with van der Waals surface area (Å²) < 4.78 is 5.36. The second-order valence-corrected chi connectivity index (χ2v) is 4.01. The molecule has 66 valence electrons. The Morgan fingerprint density at radius 2 is 2.55 bits per heavy atom. The van der Waals surface area contributed by atoms with Gasteiger partial charge in [0.1, 0.15) is 0 Å². The third-order valence-corrected chi connectivity index (χ3v) is 2.88. The zero-order valence-corrected chi connectivity index (χ0v) is 7.90. The van der Waals surface area contributed by atoms with Gasteiger partial charge in [0.2, 0.25) is 0 Å². The smallest absolute Gasteiger partial charge is 0.0509 e. The Morgan fingerprint density at radius 3 is 3.09 bits per heavy atom. The summed E-state index contributed by atoms with van der Waals surface area (Å²) in [6.45, 7) is 1.81. The fraction of sp³-hybridized carbons (Fsp3) is 1.00. The molecule has 1 saturated heterocycles. The molecule has 0 radical (unpaired) electrons. The van der Waals surface area contributed by atoms with E-state index in [1.807, 2.05) is 11.8 Å². The van der Waals surface area contributed by atoms with Crippen molar-refractivity contribution in [2.24, 2.45) is 11.7 Å². The van der Waals surface area contributed by atoms with E-state index in [0.717, 1.165) is 19.0 Å². The normalized spacial score (nSPS) is 28.4. The predicted octanol–water partition coefficient (Wildman–Crippen LogP) is 1.10. The molecule has 1 heterocycles. The van der Waals surface area contributed by atoms with Crippen LogP contribution in [0.15, 0.2) is 0 Å². The Hall–Kier alpha value is 0.270. The molecule has 2 N–H and O–H groups in total. The van der Waals surface area contributed by atoms with Crippen LogP contribution in [0.2, 0.25) is 0 Å². The highest BCUT2D eigenvalue weighted by atomic mass is 32.2. The molecule has 0 aromatic heterocycles. The highest BCUT2D eigenvalue weighted by molar-refractivity contribution is 7.98. The molecule has 2 atom stereocenters. The van der Waals surface area contributed by atoms with E-state index in [9.17, 15) is 0 Å². The molecule has 0 bridgehead atoms. The second-order valence-electron chi connectivity index (χ2n) is 3.10. The van der Waals surface area contributed by atoms with Crippen molar-refractivity contribution in [1.82, 2.24) is 0 Å². The van der Waals surface area contributed by atoms with Gasteiger partial charge in [-0.25, -0.2) is 0 Å². The van der Waals surface area contributed by atoms with E-state index in [1.165, 1.54) is 12.8 Å². The maximum Gasteiger partial charge on any atom is 0.0509 e. The zero-order chi connectivity index (χ0) is 8.10. The minimum Gasteiger partial charge on any atom is -0.381 e. The topological polar surface area (TPSA) is 35.2 Å². The van der Waals surface area contributed by atoms with Crippen LogP contribution >= 0.6 is 11.8 Å².